The Morgan fingerprint density at radius 3 is 2.73 bits per heavy atom. The average molecular weight is 469 g/mol. The molecule has 2 amide bonds. The van der Waals surface area contributed by atoms with Gasteiger partial charge >= 0.3 is 6.03 Å². The molecule has 1 aromatic carbocycles. The number of fused-ring (bicyclic) bond motifs is 2. The third-order valence-corrected chi connectivity index (χ3v) is 7.17. The molecule has 2 aliphatic heterocycles. The van der Waals surface area contributed by atoms with Crippen LogP contribution in [0.15, 0.2) is 24.5 Å². The van der Waals surface area contributed by atoms with Crippen LogP contribution in [0, 0.1) is 0 Å². The molecule has 1 fully saturated rings. The van der Waals surface area contributed by atoms with E-state index in [-0.39, 0.29) is 18.0 Å². The van der Waals surface area contributed by atoms with Crippen molar-refractivity contribution in [2.45, 2.75) is 45.1 Å². The Morgan fingerprint density at radius 1 is 1.27 bits per heavy atom. The average Bonchev–Trinajstić information content (AvgIpc) is 3.43. The minimum Gasteiger partial charge on any atom is -0.382 e. The standard InChI is InChI=1S/C23H29ClN8O/c1-3-30(4-2)23(33)31-10-8-14(9-11-31)22-29-19(20-21(25)26-13-27-32(20)22)17-12-15-6-5-7-16(24)18(15)28-17/h5-7,13-14,17,28H,3-4,8-12H2,1-2H3,(H2,25,26,27). The zero-order valence-electron chi connectivity index (χ0n) is 19.0. The number of para-hydroxylation sites is 1. The molecule has 1 unspecified atom stereocenters. The van der Waals surface area contributed by atoms with Gasteiger partial charge in [0.1, 0.15) is 17.7 Å². The second-order valence-electron chi connectivity index (χ2n) is 8.65. The van der Waals surface area contributed by atoms with Crippen LogP contribution in [0.1, 0.15) is 55.7 Å². The SMILES string of the molecule is CCN(CC)C(=O)N1CCC(c2nc(C3Cc4cccc(Cl)c4N3)c3c(N)ncnn23)CC1. The number of nitrogens with zero attached hydrogens (tertiary/aromatic N) is 6. The molecule has 3 aromatic rings. The Kier molecular flexibility index (Phi) is 5.74. The molecule has 0 aliphatic carbocycles. The maximum absolute atomic E-state index is 12.7. The van der Waals surface area contributed by atoms with Gasteiger partial charge in [0.25, 0.3) is 0 Å². The van der Waals surface area contributed by atoms with Gasteiger partial charge in [0.2, 0.25) is 0 Å². The number of imidazole rings is 1. The summed E-state index contributed by atoms with van der Waals surface area (Å²) in [7, 11) is 0. The van der Waals surface area contributed by atoms with Crippen LogP contribution in [-0.4, -0.2) is 61.6 Å². The van der Waals surface area contributed by atoms with Gasteiger partial charge in [0, 0.05) is 38.5 Å². The Bertz CT molecular complexity index is 1180. The summed E-state index contributed by atoms with van der Waals surface area (Å²) in [4.78, 5) is 25.9. The van der Waals surface area contributed by atoms with Gasteiger partial charge < -0.3 is 20.9 Å². The number of carbonyl (C=O) groups excluding carboxylic acids is 1. The van der Waals surface area contributed by atoms with E-state index in [0.717, 1.165) is 60.6 Å². The van der Waals surface area contributed by atoms with Crippen molar-refractivity contribution in [1.82, 2.24) is 29.4 Å². The van der Waals surface area contributed by atoms with Crippen LogP contribution < -0.4 is 11.1 Å². The number of hydrogen-bond donors (Lipinski definition) is 2. The maximum atomic E-state index is 12.7. The molecule has 0 spiro atoms. The van der Waals surface area contributed by atoms with Crippen molar-refractivity contribution in [2.75, 3.05) is 37.2 Å². The molecule has 4 heterocycles. The number of likely N-dealkylation sites (tertiary alicyclic amines) is 1. The van der Waals surface area contributed by atoms with Gasteiger partial charge in [-0.3, -0.25) is 0 Å². The highest BCUT2D eigenvalue weighted by molar-refractivity contribution is 6.33. The third kappa shape index (κ3) is 3.74. The topological polar surface area (TPSA) is 105 Å². The Balaban J connectivity index is 1.43. The zero-order valence-corrected chi connectivity index (χ0v) is 19.7. The van der Waals surface area contributed by atoms with Crippen molar-refractivity contribution in [3.8, 4) is 0 Å². The number of piperidine rings is 1. The van der Waals surface area contributed by atoms with E-state index in [4.69, 9.17) is 22.3 Å². The van der Waals surface area contributed by atoms with Crippen LogP contribution in [0.3, 0.4) is 0 Å². The summed E-state index contributed by atoms with van der Waals surface area (Å²) < 4.78 is 1.84. The summed E-state index contributed by atoms with van der Waals surface area (Å²) in [6, 6.07) is 5.99. The first-order chi connectivity index (χ1) is 16.0. The highest BCUT2D eigenvalue weighted by atomic mass is 35.5. The van der Waals surface area contributed by atoms with Crippen LogP contribution in [-0.2, 0) is 6.42 Å². The number of urea groups is 1. The maximum Gasteiger partial charge on any atom is 0.319 e. The van der Waals surface area contributed by atoms with E-state index in [2.05, 4.69) is 21.5 Å². The summed E-state index contributed by atoms with van der Waals surface area (Å²) in [6.07, 6.45) is 3.91. The second kappa shape index (κ2) is 8.70. The summed E-state index contributed by atoms with van der Waals surface area (Å²) in [5.41, 5.74) is 10.0. The van der Waals surface area contributed by atoms with Gasteiger partial charge in [-0.25, -0.2) is 19.3 Å². The van der Waals surface area contributed by atoms with E-state index in [0.29, 0.717) is 23.9 Å². The molecule has 9 nitrogen and oxygen atoms in total. The van der Waals surface area contributed by atoms with Gasteiger partial charge in [0.15, 0.2) is 5.82 Å². The largest absolute Gasteiger partial charge is 0.382 e. The number of nitrogen functional groups attached to an aromatic ring is 1. The summed E-state index contributed by atoms with van der Waals surface area (Å²) in [5.74, 6) is 1.48. The fourth-order valence-corrected chi connectivity index (χ4v) is 5.29. The minimum absolute atomic E-state index is 0.0544. The number of aromatic nitrogens is 4. The lowest BCUT2D eigenvalue weighted by Gasteiger charge is -2.34. The number of nitrogens with two attached hydrogens (primary N) is 1. The summed E-state index contributed by atoms with van der Waals surface area (Å²) in [5, 5.41) is 8.73. The van der Waals surface area contributed by atoms with Crippen LogP contribution in [0.2, 0.25) is 5.02 Å². The number of anilines is 2. The lowest BCUT2D eigenvalue weighted by molar-refractivity contribution is 0.143. The highest BCUT2D eigenvalue weighted by Gasteiger charge is 2.33. The Hall–Kier alpha value is -3.07. The summed E-state index contributed by atoms with van der Waals surface area (Å²) >= 11 is 6.41. The molecule has 2 aromatic heterocycles. The Labute approximate surface area is 197 Å². The number of amides is 2. The van der Waals surface area contributed by atoms with E-state index in [1.807, 2.05) is 40.3 Å². The molecule has 10 heteroatoms. The molecule has 174 valence electrons. The highest BCUT2D eigenvalue weighted by Crippen LogP contribution is 2.41. The normalized spacial score (nSPS) is 18.4. The molecule has 5 rings (SSSR count). The van der Waals surface area contributed by atoms with E-state index in [1.165, 1.54) is 6.33 Å². The number of halogens is 1. The smallest absolute Gasteiger partial charge is 0.319 e. The minimum atomic E-state index is -0.0544. The first-order valence-electron chi connectivity index (χ1n) is 11.6. The van der Waals surface area contributed by atoms with E-state index in [9.17, 15) is 4.79 Å². The number of hydrogen-bond acceptors (Lipinski definition) is 6. The molecular weight excluding hydrogens is 440 g/mol. The van der Waals surface area contributed by atoms with Crippen LogP contribution in [0.5, 0.6) is 0 Å². The Morgan fingerprint density at radius 2 is 2.03 bits per heavy atom. The van der Waals surface area contributed by atoms with Crippen LogP contribution in [0.4, 0.5) is 16.3 Å². The van der Waals surface area contributed by atoms with Crippen molar-refractivity contribution in [3.05, 3.63) is 46.6 Å². The third-order valence-electron chi connectivity index (χ3n) is 6.85. The predicted octanol–water partition coefficient (Wildman–Crippen LogP) is 3.71. The van der Waals surface area contributed by atoms with Crippen molar-refractivity contribution < 1.29 is 4.79 Å². The fraction of sp³-hybridized carbons (Fsp3) is 0.478. The van der Waals surface area contributed by atoms with Gasteiger partial charge in [0.05, 0.1) is 22.4 Å². The molecule has 1 saturated heterocycles. The van der Waals surface area contributed by atoms with Gasteiger partial charge in [-0.05, 0) is 38.3 Å². The first-order valence-corrected chi connectivity index (χ1v) is 12.0. The van der Waals surface area contributed by atoms with Crippen molar-refractivity contribution in [2.24, 2.45) is 0 Å². The van der Waals surface area contributed by atoms with Crippen LogP contribution in [0.25, 0.3) is 5.52 Å². The number of rotatable bonds is 4. The predicted molar refractivity (Wildman–Crippen MR) is 129 cm³/mol. The zero-order chi connectivity index (χ0) is 23.1. The lowest BCUT2D eigenvalue weighted by Crippen LogP contribution is -2.46. The van der Waals surface area contributed by atoms with Crippen LogP contribution >= 0.6 is 11.6 Å². The molecule has 33 heavy (non-hydrogen) atoms. The number of nitrogens with one attached hydrogen (secondary N) is 1. The molecule has 0 bridgehead atoms. The van der Waals surface area contributed by atoms with E-state index in [1.54, 1.807) is 0 Å². The molecule has 2 aliphatic rings. The van der Waals surface area contributed by atoms with Crippen molar-refractivity contribution in [1.29, 1.82) is 0 Å². The second-order valence-corrected chi connectivity index (χ2v) is 9.06. The molecule has 0 radical (unpaired) electrons. The van der Waals surface area contributed by atoms with Crippen molar-refractivity contribution in [3.63, 3.8) is 0 Å². The van der Waals surface area contributed by atoms with Gasteiger partial charge in [-0.15, -0.1) is 0 Å². The molecule has 1 atom stereocenters. The number of benzene rings is 1. The van der Waals surface area contributed by atoms with Crippen molar-refractivity contribution >= 4 is 34.7 Å². The molecule has 3 N–H and O–H groups in total. The lowest BCUT2D eigenvalue weighted by atomic mass is 9.96. The molecular formula is C23H29ClN8O. The monoisotopic (exact) mass is 468 g/mol. The fourth-order valence-electron chi connectivity index (χ4n) is 5.05. The first kappa shape index (κ1) is 21.8. The van der Waals surface area contributed by atoms with E-state index >= 15 is 0 Å². The quantitative estimate of drug-likeness (QED) is 0.604. The van der Waals surface area contributed by atoms with Gasteiger partial charge in [-0.1, -0.05) is 23.7 Å². The van der Waals surface area contributed by atoms with Gasteiger partial charge in [-0.2, -0.15) is 5.10 Å². The summed E-state index contributed by atoms with van der Waals surface area (Å²) in [6.45, 7) is 6.88. The number of carbonyl (C=O) groups is 1. The molecule has 0 saturated carbocycles. The van der Waals surface area contributed by atoms with E-state index < -0.39 is 0 Å².